The Labute approximate surface area is 111 Å². The quantitative estimate of drug-likeness (QED) is 0.942. The third-order valence-electron chi connectivity index (χ3n) is 2.40. The Kier molecular flexibility index (Phi) is 3.66. The van der Waals surface area contributed by atoms with Gasteiger partial charge in [-0.1, -0.05) is 0 Å². The normalized spacial score (nSPS) is 11.6. The van der Waals surface area contributed by atoms with Gasteiger partial charge in [-0.15, -0.1) is 11.3 Å². The fourth-order valence-electron chi connectivity index (χ4n) is 1.53. The topological polar surface area (TPSA) is 38.3 Å². The maximum absolute atomic E-state index is 12.0. The summed E-state index contributed by atoms with van der Waals surface area (Å²) in [6.45, 7) is -1.33. The molecular formula is C12H10F3NO2S. The van der Waals surface area contributed by atoms with Gasteiger partial charge in [0, 0.05) is 4.70 Å². The second-order valence-corrected chi connectivity index (χ2v) is 4.90. The minimum atomic E-state index is -4.41. The molecule has 19 heavy (non-hydrogen) atoms. The summed E-state index contributed by atoms with van der Waals surface area (Å²) >= 11 is 1.14. The highest BCUT2D eigenvalue weighted by molar-refractivity contribution is 7.20. The van der Waals surface area contributed by atoms with Crippen LogP contribution in [0.25, 0.3) is 10.1 Å². The molecule has 0 bridgehead atoms. The Morgan fingerprint density at radius 3 is 2.74 bits per heavy atom. The smallest absolute Gasteiger partial charge is 0.405 e. The molecule has 1 heterocycles. The fraction of sp³-hybridized carbons (Fsp3) is 0.250. The number of amides is 1. The Bertz CT molecular complexity index is 607. The SMILES string of the molecule is COc1ccc2sc(C(=O)NCC(F)(F)F)cc2c1. The minimum absolute atomic E-state index is 0.243. The van der Waals surface area contributed by atoms with Gasteiger partial charge in [0.2, 0.25) is 0 Å². The number of methoxy groups -OCH3 is 1. The highest BCUT2D eigenvalue weighted by atomic mass is 32.1. The number of halogens is 3. The number of alkyl halides is 3. The van der Waals surface area contributed by atoms with E-state index in [4.69, 9.17) is 4.74 Å². The van der Waals surface area contributed by atoms with Gasteiger partial charge in [-0.05, 0) is 29.7 Å². The van der Waals surface area contributed by atoms with E-state index in [1.807, 2.05) is 5.32 Å². The van der Waals surface area contributed by atoms with Gasteiger partial charge < -0.3 is 10.1 Å². The number of carbonyl (C=O) groups excluding carboxylic acids is 1. The third kappa shape index (κ3) is 3.37. The van der Waals surface area contributed by atoms with Crippen molar-refractivity contribution in [1.29, 1.82) is 0 Å². The summed E-state index contributed by atoms with van der Waals surface area (Å²) in [7, 11) is 1.52. The lowest BCUT2D eigenvalue weighted by Crippen LogP contribution is -2.33. The van der Waals surface area contributed by atoms with E-state index in [-0.39, 0.29) is 4.88 Å². The van der Waals surface area contributed by atoms with E-state index in [0.717, 1.165) is 21.4 Å². The number of benzene rings is 1. The first-order chi connectivity index (χ1) is 8.89. The minimum Gasteiger partial charge on any atom is -0.497 e. The first kappa shape index (κ1) is 13.7. The molecule has 102 valence electrons. The van der Waals surface area contributed by atoms with Crippen LogP contribution in [0, 0.1) is 0 Å². The Balaban J connectivity index is 2.19. The zero-order valence-corrected chi connectivity index (χ0v) is 10.7. The lowest BCUT2D eigenvalue weighted by Gasteiger charge is -2.06. The van der Waals surface area contributed by atoms with Crippen molar-refractivity contribution in [2.45, 2.75) is 6.18 Å². The highest BCUT2D eigenvalue weighted by Crippen LogP contribution is 2.29. The van der Waals surface area contributed by atoms with Crippen LogP contribution < -0.4 is 10.1 Å². The molecule has 0 aliphatic heterocycles. The van der Waals surface area contributed by atoms with E-state index in [0.29, 0.717) is 5.75 Å². The van der Waals surface area contributed by atoms with Crippen molar-refractivity contribution in [1.82, 2.24) is 5.32 Å². The summed E-state index contributed by atoms with van der Waals surface area (Å²) in [5.41, 5.74) is 0. The molecule has 1 aromatic carbocycles. The molecule has 1 aromatic heterocycles. The predicted octanol–water partition coefficient (Wildman–Crippen LogP) is 3.20. The molecule has 3 nitrogen and oxygen atoms in total. The van der Waals surface area contributed by atoms with Crippen molar-refractivity contribution >= 4 is 27.3 Å². The number of ether oxygens (including phenoxy) is 1. The van der Waals surface area contributed by atoms with Gasteiger partial charge in [0.1, 0.15) is 12.3 Å². The van der Waals surface area contributed by atoms with Gasteiger partial charge in [-0.3, -0.25) is 4.79 Å². The molecule has 2 aromatic rings. The number of hydrogen-bond acceptors (Lipinski definition) is 3. The molecule has 0 unspecified atom stereocenters. The fourth-order valence-corrected chi connectivity index (χ4v) is 2.49. The Morgan fingerprint density at radius 2 is 2.11 bits per heavy atom. The summed E-state index contributed by atoms with van der Waals surface area (Å²) in [5, 5.41) is 2.61. The highest BCUT2D eigenvalue weighted by Gasteiger charge is 2.28. The molecule has 0 saturated carbocycles. The van der Waals surface area contributed by atoms with Crippen LogP contribution in [0.3, 0.4) is 0 Å². The predicted molar refractivity (Wildman–Crippen MR) is 66.8 cm³/mol. The average molecular weight is 289 g/mol. The molecule has 0 radical (unpaired) electrons. The Hall–Kier alpha value is -1.76. The van der Waals surface area contributed by atoms with E-state index in [1.54, 1.807) is 24.3 Å². The van der Waals surface area contributed by atoms with Crippen molar-refractivity contribution in [3.8, 4) is 5.75 Å². The molecule has 7 heteroatoms. The lowest BCUT2D eigenvalue weighted by molar-refractivity contribution is -0.123. The molecule has 1 amide bonds. The van der Waals surface area contributed by atoms with Crippen molar-refractivity contribution < 1.29 is 22.7 Å². The van der Waals surface area contributed by atoms with E-state index < -0.39 is 18.6 Å². The standard InChI is InChI=1S/C12H10F3NO2S/c1-18-8-2-3-9-7(4-8)5-10(19-9)11(17)16-6-12(13,14)15/h2-5H,6H2,1H3,(H,16,17). The van der Waals surface area contributed by atoms with Crippen LogP contribution in [0.4, 0.5) is 13.2 Å². The van der Waals surface area contributed by atoms with E-state index in [2.05, 4.69) is 0 Å². The van der Waals surface area contributed by atoms with Gasteiger partial charge in [-0.2, -0.15) is 13.2 Å². The molecule has 0 saturated heterocycles. The molecule has 0 atom stereocenters. The van der Waals surface area contributed by atoms with Crippen LogP contribution in [0.5, 0.6) is 5.75 Å². The zero-order chi connectivity index (χ0) is 14.0. The van der Waals surface area contributed by atoms with E-state index in [9.17, 15) is 18.0 Å². The molecular weight excluding hydrogens is 279 g/mol. The first-order valence-electron chi connectivity index (χ1n) is 5.31. The molecule has 0 fully saturated rings. The van der Waals surface area contributed by atoms with Gasteiger partial charge in [-0.25, -0.2) is 0 Å². The molecule has 0 aliphatic carbocycles. The van der Waals surface area contributed by atoms with Crippen LogP contribution in [-0.2, 0) is 0 Å². The summed E-state index contributed by atoms with van der Waals surface area (Å²) in [6.07, 6.45) is -4.41. The summed E-state index contributed by atoms with van der Waals surface area (Å²) in [4.78, 5) is 11.8. The summed E-state index contributed by atoms with van der Waals surface area (Å²) < 4.78 is 41.9. The van der Waals surface area contributed by atoms with Gasteiger partial charge in [0.05, 0.1) is 12.0 Å². The number of nitrogens with one attached hydrogen (secondary N) is 1. The van der Waals surface area contributed by atoms with Crippen molar-refractivity contribution in [3.05, 3.63) is 29.1 Å². The number of rotatable bonds is 3. The van der Waals surface area contributed by atoms with Crippen molar-refractivity contribution in [2.24, 2.45) is 0 Å². The maximum Gasteiger partial charge on any atom is 0.405 e. The van der Waals surface area contributed by atoms with E-state index in [1.165, 1.54) is 7.11 Å². The zero-order valence-electron chi connectivity index (χ0n) is 9.88. The van der Waals surface area contributed by atoms with Gasteiger partial charge >= 0.3 is 6.18 Å². The van der Waals surface area contributed by atoms with Gasteiger partial charge in [0.15, 0.2) is 0 Å². The monoisotopic (exact) mass is 289 g/mol. The summed E-state index contributed by atoms with van der Waals surface area (Å²) in [6, 6.07) is 6.77. The van der Waals surface area contributed by atoms with Gasteiger partial charge in [0.25, 0.3) is 5.91 Å². The first-order valence-corrected chi connectivity index (χ1v) is 6.13. The largest absolute Gasteiger partial charge is 0.497 e. The van der Waals surface area contributed by atoms with Crippen LogP contribution in [0.2, 0.25) is 0 Å². The van der Waals surface area contributed by atoms with E-state index >= 15 is 0 Å². The molecule has 0 spiro atoms. The molecule has 0 aliphatic rings. The van der Waals surface area contributed by atoms with Crippen molar-refractivity contribution in [2.75, 3.05) is 13.7 Å². The van der Waals surface area contributed by atoms with Crippen LogP contribution in [-0.4, -0.2) is 25.7 Å². The van der Waals surface area contributed by atoms with Crippen LogP contribution in [0.15, 0.2) is 24.3 Å². The number of fused-ring (bicyclic) bond motifs is 1. The average Bonchev–Trinajstić information content (AvgIpc) is 2.77. The van der Waals surface area contributed by atoms with Crippen LogP contribution >= 0.6 is 11.3 Å². The van der Waals surface area contributed by atoms with Crippen molar-refractivity contribution in [3.63, 3.8) is 0 Å². The van der Waals surface area contributed by atoms with Crippen LogP contribution in [0.1, 0.15) is 9.67 Å². The molecule has 2 rings (SSSR count). The maximum atomic E-state index is 12.0. The lowest BCUT2D eigenvalue weighted by atomic mass is 10.2. The second kappa shape index (κ2) is 5.08. The number of hydrogen-bond donors (Lipinski definition) is 1. The number of thiophene rings is 1. The second-order valence-electron chi connectivity index (χ2n) is 3.81. The third-order valence-corrected chi connectivity index (χ3v) is 3.51. The number of carbonyl (C=O) groups is 1. The summed E-state index contributed by atoms with van der Waals surface area (Å²) in [5.74, 6) is -0.0926. The Morgan fingerprint density at radius 1 is 1.37 bits per heavy atom. The molecule has 1 N–H and O–H groups in total.